The van der Waals surface area contributed by atoms with Crippen LogP contribution in [0.1, 0.15) is 16.7 Å². The van der Waals surface area contributed by atoms with E-state index in [2.05, 4.69) is 27.0 Å². The van der Waals surface area contributed by atoms with Gasteiger partial charge in [-0.3, -0.25) is 9.59 Å². The van der Waals surface area contributed by atoms with Gasteiger partial charge < -0.3 is 30.4 Å². The fourth-order valence-electron chi connectivity index (χ4n) is 4.85. The number of carbonyl (C=O) groups is 2. The highest BCUT2D eigenvalue weighted by molar-refractivity contribution is 5.99. The van der Waals surface area contributed by atoms with Crippen LogP contribution in [0.15, 0.2) is 72.9 Å². The van der Waals surface area contributed by atoms with Gasteiger partial charge in [-0.1, -0.05) is 42.5 Å². The second-order valence-electron chi connectivity index (χ2n) is 9.09. The van der Waals surface area contributed by atoms with Gasteiger partial charge in [0, 0.05) is 41.8 Å². The van der Waals surface area contributed by atoms with Crippen molar-refractivity contribution in [2.45, 2.75) is 31.5 Å². The van der Waals surface area contributed by atoms with Crippen LogP contribution in [0, 0.1) is 0 Å². The first-order valence-electron chi connectivity index (χ1n) is 12.0. The third kappa shape index (κ3) is 4.38. The van der Waals surface area contributed by atoms with E-state index in [-0.39, 0.29) is 18.6 Å². The molecule has 2 amide bonds. The summed E-state index contributed by atoms with van der Waals surface area (Å²) in [5.41, 5.74) is 4.86. The smallest absolute Gasteiger partial charge is 0.247 e. The molecule has 0 saturated heterocycles. The van der Waals surface area contributed by atoms with Crippen LogP contribution in [-0.4, -0.2) is 35.7 Å². The number of fused-ring (bicyclic) bond motifs is 3. The van der Waals surface area contributed by atoms with E-state index < -0.39 is 12.1 Å². The van der Waals surface area contributed by atoms with E-state index in [4.69, 9.17) is 9.47 Å². The van der Waals surface area contributed by atoms with Crippen molar-refractivity contribution >= 4 is 28.4 Å². The fourth-order valence-corrected chi connectivity index (χ4v) is 4.85. The standard InChI is InChI=1S/C28H26N4O4/c33-27(23-11-17-5-1-2-6-18(17)14-30-23)32-24(12-19-15-29-22-8-4-3-7-21(19)22)28(34)31-20-9-10-25-26(13-20)36-16-35-25/h1-10,13,15,23-24,29-30H,11-12,14,16H2,(H,31,34)(H,32,33). The van der Waals surface area contributed by atoms with Crippen molar-refractivity contribution in [3.8, 4) is 11.5 Å². The summed E-state index contributed by atoms with van der Waals surface area (Å²) in [6.07, 6.45) is 2.81. The van der Waals surface area contributed by atoms with E-state index in [1.165, 1.54) is 5.56 Å². The lowest BCUT2D eigenvalue weighted by molar-refractivity contribution is -0.128. The van der Waals surface area contributed by atoms with Crippen molar-refractivity contribution in [1.29, 1.82) is 0 Å². The molecule has 182 valence electrons. The number of amides is 2. The zero-order valence-corrected chi connectivity index (χ0v) is 19.5. The first-order chi connectivity index (χ1) is 17.6. The Kier molecular flexibility index (Phi) is 5.79. The van der Waals surface area contributed by atoms with Gasteiger partial charge in [-0.2, -0.15) is 0 Å². The van der Waals surface area contributed by atoms with Crippen LogP contribution in [0.25, 0.3) is 10.9 Å². The molecule has 36 heavy (non-hydrogen) atoms. The average Bonchev–Trinajstić information content (AvgIpc) is 3.54. The molecule has 0 saturated carbocycles. The van der Waals surface area contributed by atoms with Gasteiger partial charge in [-0.25, -0.2) is 0 Å². The number of ether oxygens (including phenoxy) is 2. The summed E-state index contributed by atoms with van der Waals surface area (Å²) in [6.45, 7) is 0.772. The monoisotopic (exact) mass is 482 g/mol. The molecule has 8 nitrogen and oxygen atoms in total. The molecule has 2 aliphatic rings. The van der Waals surface area contributed by atoms with Crippen LogP contribution in [0.4, 0.5) is 5.69 Å². The Bertz CT molecular complexity index is 1450. The van der Waals surface area contributed by atoms with E-state index in [9.17, 15) is 9.59 Å². The number of carbonyl (C=O) groups excluding carboxylic acids is 2. The summed E-state index contributed by atoms with van der Waals surface area (Å²) in [4.78, 5) is 30.0. The van der Waals surface area contributed by atoms with Gasteiger partial charge in [0.25, 0.3) is 0 Å². The van der Waals surface area contributed by atoms with E-state index in [1.807, 2.05) is 48.7 Å². The molecule has 4 N–H and O–H groups in total. The van der Waals surface area contributed by atoms with Gasteiger partial charge in [0.05, 0.1) is 6.04 Å². The van der Waals surface area contributed by atoms with Crippen LogP contribution >= 0.6 is 0 Å². The van der Waals surface area contributed by atoms with Gasteiger partial charge in [0.2, 0.25) is 18.6 Å². The third-order valence-corrected chi connectivity index (χ3v) is 6.77. The van der Waals surface area contributed by atoms with Crippen LogP contribution < -0.4 is 25.4 Å². The molecule has 0 fully saturated rings. The van der Waals surface area contributed by atoms with Gasteiger partial charge in [0.15, 0.2) is 11.5 Å². The third-order valence-electron chi connectivity index (χ3n) is 6.77. The highest BCUT2D eigenvalue weighted by atomic mass is 16.7. The first kappa shape index (κ1) is 22.2. The molecule has 0 aliphatic carbocycles. The van der Waals surface area contributed by atoms with E-state index in [1.54, 1.807) is 18.2 Å². The number of anilines is 1. The summed E-state index contributed by atoms with van der Waals surface area (Å²) in [7, 11) is 0. The molecule has 6 rings (SSSR count). The van der Waals surface area contributed by atoms with Crippen molar-refractivity contribution in [3.63, 3.8) is 0 Å². The number of nitrogens with one attached hydrogen (secondary N) is 4. The van der Waals surface area contributed by atoms with Crippen LogP contribution in [0.2, 0.25) is 0 Å². The lowest BCUT2D eigenvalue weighted by atomic mass is 9.95. The number of hydrogen-bond acceptors (Lipinski definition) is 5. The molecule has 1 aromatic heterocycles. The van der Waals surface area contributed by atoms with Crippen LogP contribution in [0.5, 0.6) is 11.5 Å². The Morgan fingerprint density at radius 3 is 2.69 bits per heavy atom. The van der Waals surface area contributed by atoms with Crippen LogP contribution in [-0.2, 0) is 29.0 Å². The average molecular weight is 483 g/mol. The topological polar surface area (TPSA) is 104 Å². The quantitative estimate of drug-likeness (QED) is 0.338. The highest BCUT2D eigenvalue weighted by Crippen LogP contribution is 2.34. The van der Waals surface area contributed by atoms with E-state index >= 15 is 0 Å². The van der Waals surface area contributed by atoms with Crippen molar-refractivity contribution in [1.82, 2.24) is 15.6 Å². The van der Waals surface area contributed by atoms with E-state index in [0.29, 0.717) is 36.6 Å². The van der Waals surface area contributed by atoms with Crippen molar-refractivity contribution in [3.05, 3.63) is 89.6 Å². The number of aromatic nitrogens is 1. The second kappa shape index (κ2) is 9.39. The Morgan fingerprint density at radius 2 is 1.78 bits per heavy atom. The maximum atomic E-state index is 13.5. The second-order valence-corrected chi connectivity index (χ2v) is 9.09. The van der Waals surface area contributed by atoms with Crippen molar-refractivity contribution in [2.75, 3.05) is 12.1 Å². The van der Waals surface area contributed by atoms with Gasteiger partial charge >= 0.3 is 0 Å². The summed E-state index contributed by atoms with van der Waals surface area (Å²) >= 11 is 0. The summed E-state index contributed by atoms with van der Waals surface area (Å²) in [6, 6.07) is 20.1. The van der Waals surface area contributed by atoms with Crippen molar-refractivity contribution in [2.24, 2.45) is 0 Å². The predicted molar refractivity (Wildman–Crippen MR) is 136 cm³/mol. The lowest BCUT2D eigenvalue weighted by Crippen LogP contribution is -2.53. The van der Waals surface area contributed by atoms with Gasteiger partial charge in [-0.05, 0) is 41.3 Å². The lowest BCUT2D eigenvalue weighted by Gasteiger charge is -2.27. The number of aromatic amines is 1. The Hall–Kier alpha value is -4.30. The minimum Gasteiger partial charge on any atom is -0.454 e. The van der Waals surface area contributed by atoms with Crippen molar-refractivity contribution < 1.29 is 19.1 Å². The molecule has 0 radical (unpaired) electrons. The molecule has 3 heterocycles. The Morgan fingerprint density at radius 1 is 0.972 bits per heavy atom. The number of H-pyrrole nitrogens is 1. The molecule has 2 unspecified atom stereocenters. The minimum atomic E-state index is -0.777. The van der Waals surface area contributed by atoms with Gasteiger partial charge in [0.1, 0.15) is 6.04 Å². The molecule has 0 bridgehead atoms. The molecule has 8 heteroatoms. The molecule has 3 aromatic carbocycles. The van der Waals surface area contributed by atoms with Gasteiger partial charge in [-0.15, -0.1) is 0 Å². The summed E-state index contributed by atoms with van der Waals surface area (Å²) in [5, 5.41) is 10.3. The molecule has 2 atom stereocenters. The molecule has 4 aromatic rings. The number of hydrogen-bond donors (Lipinski definition) is 4. The molecular weight excluding hydrogens is 456 g/mol. The molecule has 2 aliphatic heterocycles. The SMILES string of the molecule is O=C(NC(Cc1c[nH]c2ccccc12)C(=O)Nc1ccc2c(c1)OCO2)C1Cc2ccccc2CN1. The fraction of sp³-hybridized carbons (Fsp3) is 0.214. The largest absolute Gasteiger partial charge is 0.454 e. The summed E-state index contributed by atoms with van der Waals surface area (Å²) in [5.74, 6) is 0.717. The maximum Gasteiger partial charge on any atom is 0.247 e. The zero-order chi connectivity index (χ0) is 24.5. The zero-order valence-electron chi connectivity index (χ0n) is 19.5. The molecular formula is C28H26N4O4. The summed E-state index contributed by atoms with van der Waals surface area (Å²) < 4.78 is 10.8. The highest BCUT2D eigenvalue weighted by Gasteiger charge is 2.29. The maximum absolute atomic E-state index is 13.5. The normalized spacial score (nSPS) is 16.8. The Balaban J connectivity index is 1.23. The molecule has 0 spiro atoms. The number of rotatable bonds is 6. The Labute approximate surface area is 208 Å². The number of benzene rings is 3. The predicted octanol–water partition coefficient (Wildman–Crippen LogP) is 3.28. The van der Waals surface area contributed by atoms with Crippen LogP contribution in [0.3, 0.4) is 0 Å². The number of para-hydroxylation sites is 1. The first-order valence-corrected chi connectivity index (χ1v) is 12.0. The minimum absolute atomic E-state index is 0.156. The van der Waals surface area contributed by atoms with E-state index in [0.717, 1.165) is 22.0 Å².